The highest BCUT2D eigenvalue weighted by Gasteiger charge is 2.25. The SMILES string of the molecule is CC/C=C/C/C=C/C/C=C/C/C=C/C/C=C/C/C=C/C/C=C/CCCC(=O)OC(COCCC(C(=O)[O-])[N+](C)(C)C)COC(=O)CCCCCCCCCCC/C=C/C/C=C/C/C=C/CC. The van der Waals surface area contributed by atoms with Crippen molar-refractivity contribution in [3.05, 3.63) is 122 Å². The highest BCUT2D eigenvalue weighted by molar-refractivity contribution is 5.70. The van der Waals surface area contributed by atoms with Gasteiger partial charge in [-0.25, -0.2) is 0 Å². The molecule has 0 N–H and O–H groups in total. The highest BCUT2D eigenvalue weighted by atomic mass is 16.6. The zero-order chi connectivity index (χ0) is 48.4. The van der Waals surface area contributed by atoms with Crippen LogP contribution >= 0.6 is 0 Å². The second-order valence-electron chi connectivity index (χ2n) is 17.6. The molecule has 2 atom stereocenters. The molecule has 0 aromatic heterocycles. The van der Waals surface area contributed by atoms with Crippen LogP contribution in [-0.2, 0) is 28.6 Å². The zero-order valence-corrected chi connectivity index (χ0v) is 42.3. The van der Waals surface area contributed by atoms with Crippen LogP contribution in [0.25, 0.3) is 0 Å². The summed E-state index contributed by atoms with van der Waals surface area (Å²) in [5, 5.41) is 11.7. The fourth-order valence-electron chi connectivity index (χ4n) is 6.72. The monoisotopic (exact) mass is 916 g/mol. The molecule has 0 heterocycles. The van der Waals surface area contributed by atoms with Crippen LogP contribution in [0.3, 0.4) is 0 Å². The number of likely N-dealkylation sites (N-methyl/N-ethyl adjacent to an activating group) is 1. The van der Waals surface area contributed by atoms with Crippen LogP contribution in [0.4, 0.5) is 0 Å². The standard InChI is InChI=1S/C58H93NO7/c1-6-8-10-12-14-16-18-20-22-24-26-27-28-29-31-33-35-37-39-41-43-45-47-49-57(61)66-54(52-64-51-50-55(58(62)63)59(3,4)5)53-65-56(60)48-46-44-42-40-38-36-34-32-30-25-23-21-19-17-15-13-11-9-7-2/h8-11,14-17,20-23,26-27,29,31,35,37,41,43,54-55H,6-7,12-13,18-19,24-25,28,30,32-34,36,38-40,42,44-53H2,1-5H3/b10-8+,11-9+,16-14+,17-15+,22-20+,23-21+,27-26+,31-29+,37-35+,43-41+. The highest BCUT2D eigenvalue weighted by Crippen LogP contribution is 2.13. The number of unbranched alkanes of at least 4 members (excludes halogenated alkanes) is 10. The summed E-state index contributed by atoms with van der Waals surface area (Å²) >= 11 is 0. The molecule has 0 spiro atoms. The van der Waals surface area contributed by atoms with Gasteiger partial charge in [0.1, 0.15) is 12.6 Å². The molecule has 66 heavy (non-hydrogen) atoms. The molecule has 0 aromatic rings. The third kappa shape index (κ3) is 44.9. The Morgan fingerprint density at radius 2 is 0.818 bits per heavy atom. The fraction of sp³-hybridized carbons (Fsp3) is 0.603. The van der Waals surface area contributed by atoms with Gasteiger partial charge < -0.3 is 28.6 Å². The number of hydrogen-bond donors (Lipinski definition) is 0. The molecule has 8 heteroatoms. The largest absolute Gasteiger partial charge is 0.544 e. The van der Waals surface area contributed by atoms with E-state index in [1.165, 1.54) is 38.5 Å². The first-order chi connectivity index (χ1) is 32.1. The van der Waals surface area contributed by atoms with Crippen molar-refractivity contribution in [3.63, 3.8) is 0 Å². The first-order valence-corrected chi connectivity index (χ1v) is 25.6. The molecule has 372 valence electrons. The third-order valence-electron chi connectivity index (χ3n) is 10.6. The average Bonchev–Trinajstić information content (AvgIpc) is 3.28. The summed E-state index contributed by atoms with van der Waals surface area (Å²) in [5.74, 6) is -1.83. The number of nitrogens with zero attached hydrogens (tertiary/aromatic N) is 1. The Morgan fingerprint density at radius 1 is 0.455 bits per heavy atom. The summed E-state index contributed by atoms with van der Waals surface area (Å²) in [7, 11) is 5.38. The van der Waals surface area contributed by atoms with Crippen LogP contribution in [-0.4, -0.2) is 75.5 Å². The Morgan fingerprint density at radius 3 is 1.23 bits per heavy atom. The summed E-state index contributed by atoms with van der Waals surface area (Å²) in [6, 6.07) is -0.745. The molecule has 2 unspecified atom stereocenters. The van der Waals surface area contributed by atoms with Gasteiger partial charge in [0.05, 0.1) is 40.3 Å². The lowest BCUT2D eigenvalue weighted by Gasteiger charge is -2.34. The van der Waals surface area contributed by atoms with E-state index in [1.807, 2.05) is 0 Å². The second-order valence-corrected chi connectivity index (χ2v) is 17.6. The van der Waals surface area contributed by atoms with E-state index in [2.05, 4.69) is 135 Å². The van der Waals surface area contributed by atoms with Crippen molar-refractivity contribution >= 4 is 17.9 Å². The van der Waals surface area contributed by atoms with Crippen molar-refractivity contribution in [1.82, 2.24) is 0 Å². The summed E-state index contributed by atoms with van der Waals surface area (Å²) in [6.07, 6.45) is 66.6. The average molecular weight is 916 g/mol. The first kappa shape index (κ1) is 61.7. The minimum Gasteiger partial charge on any atom is -0.544 e. The van der Waals surface area contributed by atoms with Gasteiger partial charge in [-0.3, -0.25) is 9.59 Å². The van der Waals surface area contributed by atoms with Gasteiger partial charge in [-0.15, -0.1) is 0 Å². The molecule has 0 radical (unpaired) electrons. The maximum absolute atomic E-state index is 12.8. The predicted molar refractivity (Wildman–Crippen MR) is 277 cm³/mol. The Bertz CT molecular complexity index is 1490. The first-order valence-electron chi connectivity index (χ1n) is 25.6. The molecule has 0 aliphatic carbocycles. The van der Waals surface area contributed by atoms with Crippen molar-refractivity contribution in [2.75, 3.05) is 41.0 Å². The number of allylic oxidation sites excluding steroid dienone is 20. The number of carboxylic acids is 1. The van der Waals surface area contributed by atoms with E-state index in [0.717, 1.165) is 96.3 Å². The van der Waals surface area contributed by atoms with Gasteiger partial charge in [-0.2, -0.15) is 0 Å². The smallest absolute Gasteiger partial charge is 0.306 e. The maximum Gasteiger partial charge on any atom is 0.306 e. The van der Waals surface area contributed by atoms with Crippen molar-refractivity contribution in [3.8, 4) is 0 Å². The Hall–Kier alpha value is -4.27. The zero-order valence-electron chi connectivity index (χ0n) is 42.3. The van der Waals surface area contributed by atoms with E-state index >= 15 is 0 Å². The maximum atomic E-state index is 12.8. The van der Waals surface area contributed by atoms with E-state index in [9.17, 15) is 19.5 Å². The molecule has 0 amide bonds. The number of carbonyl (C=O) groups excluding carboxylic acids is 3. The van der Waals surface area contributed by atoms with E-state index in [-0.39, 0.29) is 49.1 Å². The summed E-state index contributed by atoms with van der Waals surface area (Å²) in [4.78, 5) is 37.0. The van der Waals surface area contributed by atoms with Crippen molar-refractivity contribution in [1.29, 1.82) is 0 Å². The Kier molecular flexibility index (Phi) is 44.2. The predicted octanol–water partition coefficient (Wildman–Crippen LogP) is 13.6. The van der Waals surface area contributed by atoms with Gasteiger partial charge in [0, 0.05) is 19.3 Å². The number of esters is 2. The summed E-state index contributed by atoms with van der Waals surface area (Å²) in [5.41, 5.74) is 0. The molecule has 0 aliphatic rings. The Labute approximate surface area is 403 Å². The molecule has 0 fully saturated rings. The summed E-state index contributed by atoms with van der Waals surface area (Å²) < 4.78 is 17.2. The number of aliphatic carboxylic acids is 1. The molecular weight excluding hydrogens is 823 g/mol. The number of hydrogen-bond acceptors (Lipinski definition) is 7. The van der Waals surface area contributed by atoms with Gasteiger partial charge in [0.2, 0.25) is 0 Å². The van der Waals surface area contributed by atoms with Crippen LogP contribution in [0.2, 0.25) is 0 Å². The lowest BCUT2D eigenvalue weighted by Crippen LogP contribution is -2.55. The number of ether oxygens (including phenoxy) is 3. The van der Waals surface area contributed by atoms with Gasteiger partial charge in [-0.1, -0.05) is 180 Å². The number of carboxylic acid groups (broad SMARTS) is 1. The van der Waals surface area contributed by atoms with Crippen LogP contribution in [0.5, 0.6) is 0 Å². The van der Waals surface area contributed by atoms with Crippen molar-refractivity contribution < 1.29 is 38.2 Å². The Balaban J connectivity index is 4.40. The number of carbonyl (C=O) groups is 3. The molecule has 0 aliphatic heterocycles. The van der Waals surface area contributed by atoms with Gasteiger partial charge in [-0.05, 0) is 96.3 Å². The van der Waals surface area contributed by atoms with Crippen molar-refractivity contribution in [2.24, 2.45) is 0 Å². The third-order valence-corrected chi connectivity index (χ3v) is 10.6. The van der Waals surface area contributed by atoms with Crippen LogP contribution in [0.15, 0.2) is 122 Å². The molecule has 0 rings (SSSR count). The number of quaternary nitrogens is 1. The number of rotatable bonds is 44. The van der Waals surface area contributed by atoms with Crippen molar-refractivity contribution in [2.45, 2.75) is 187 Å². The summed E-state index contributed by atoms with van der Waals surface area (Å²) in [6.45, 7) is 4.36. The quantitative estimate of drug-likeness (QED) is 0.0260. The van der Waals surface area contributed by atoms with Crippen LogP contribution < -0.4 is 5.11 Å². The van der Waals surface area contributed by atoms with E-state index in [0.29, 0.717) is 12.8 Å². The minimum absolute atomic E-state index is 0.00745. The molecule has 0 aromatic carbocycles. The molecule has 0 bridgehead atoms. The van der Waals surface area contributed by atoms with Gasteiger partial charge in [0.15, 0.2) is 6.10 Å². The molecule has 8 nitrogen and oxygen atoms in total. The molecular formula is C58H93NO7. The van der Waals surface area contributed by atoms with Gasteiger partial charge >= 0.3 is 11.9 Å². The van der Waals surface area contributed by atoms with Crippen LogP contribution in [0.1, 0.15) is 174 Å². The second kappa shape index (κ2) is 47.2. The lowest BCUT2D eigenvalue weighted by atomic mass is 10.1. The topological polar surface area (TPSA) is 102 Å². The normalized spacial score (nSPS) is 13.9. The molecule has 0 saturated heterocycles. The minimum atomic E-state index is -1.14. The van der Waals surface area contributed by atoms with E-state index < -0.39 is 18.1 Å². The fourth-order valence-corrected chi connectivity index (χ4v) is 6.72. The van der Waals surface area contributed by atoms with E-state index in [1.54, 1.807) is 21.1 Å². The van der Waals surface area contributed by atoms with Gasteiger partial charge in [0.25, 0.3) is 0 Å². The van der Waals surface area contributed by atoms with Crippen LogP contribution in [0, 0.1) is 0 Å². The lowest BCUT2D eigenvalue weighted by molar-refractivity contribution is -0.889. The molecule has 0 saturated carbocycles. The van der Waals surface area contributed by atoms with E-state index in [4.69, 9.17) is 14.2 Å².